The quantitative estimate of drug-likeness (QED) is 0.798. The Morgan fingerprint density at radius 1 is 1.20 bits per heavy atom. The van der Waals surface area contributed by atoms with Crippen molar-refractivity contribution in [1.82, 2.24) is 4.90 Å². The van der Waals surface area contributed by atoms with Crippen molar-refractivity contribution in [3.8, 4) is 0 Å². The Bertz CT molecular complexity index is 413. The fourth-order valence-corrected chi connectivity index (χ4v) is 2.06. The van der Waals surface area contributed by atoms with Crippen LogP contribution in [0.5, 0.6) is 0 Å². The number of benzene rings is 1. The van der Waals surface area contributed by atoms with Crippen LogP contribution < -0.4 is 0 Å². The number of hydrogen-bond acceptors (Lipinski definition) is 3. The molecule has 1 unspecified atom stereocenters. The van der Waals surface area contributed by atoms with Gasteiger partial charge in [-0.15, -0.1) is 0 Å². The molecule has 114 valence electrons. The van der Waals surface area contributed by atoms with Crippen molar-refractivity contribution in [2.24, 2.45) is 5.92 Å². The predicted octanol–water partition coefficient (Wildman–Crippen LogP) is 2.60. The van der Waals surface area contributed by atoms with E-state index in [9.17, 15) is 13.9 Å². The van der Waals surface area contributed by atoms with Crippen LogP contribution in [0, 0.1) is 17.6 Å². The van der Waals surface area contributed by atoms with Crippen LogP contribution in [0.1, 0.15) is 25.5 Å². The Labute approximate surface area is 119 Å². The molecule has 1 atom stereocenters. The number of hydrogen-bond donors (Lipinski definition) is 1. The summed E-state index contributed by atoms with van der Waals surface area (Å²) in [5.74, 6) is -1.39. The van der Waals surface area contributed by atoms with Crippen LogP contribution >= 0.6 is 0 Å². The number of aliphatic hydroxyl groups excluding tert-OH is 1. The first-order valence-corrected chi connectivity index (χ1v) is 6.78. The summed E-state index contributed by atoms with van der Waals surface area (Å²) in [6, 6.07) is 3.49. The third-order valence-electron chi connectivity index (χ3n) is 2.99. The first-order chi connectivity index (χ1) is 9.43. The fourth-order valence-electron chi connectivity index (χ4n) is 2.06. The van der Waals surface area contributed by atoms with Crippen molar-refractivity contribution in [3.63, 3.8) is 0 Å². The molecule has 0 bridgehead atoms. The zero-order chi connectivity index (χ0) is 15.1. The van der Waals surface area contributed by atoms with Gasteiger partial charge in [-0.05, 0) is 23.6 Å². The van der Waals surface area contributed by atoms with Gasteiger partial charge in [0.25, 0.3) is 0 Å². The summed E-state index contributed by atoms with van der Waals surface area (Å²) in [4.78, 5) is 2.06. The zero-order valence-electron chi connectivity index (χ0n) is 12.3. The van der Waals surface area contributed by atoms with Crippen LogP contribution in [0.3, 0.4) is 0 Å². The molecule has 1 rings (SSSR count). The van der Waals surface area contributed by atoms with Crippen molar-refractivity contribution in [2.45, 2.75) is 20.0 Å². The molecule has 5 heteroatoms. The summed E-state index contributed by atoms with van der Waals surface area (Å²) >= 11 is 0. The molecular formula is C15H23F2NO2. The van der Waals surface area contributed by atoms with Gasteiger partial charge < -0.3 is 9.84 Å². The van der Waals surface area contributed by atoms with Crippen LogP contribution in [-0.2, 0) is 4.74 Å². The highest BCUT2D eigenvalue weighted by atomic mass is 19.2. The SMILES string of the molecule is COCCN(CC(C)C)CC(O)c1ccc(F)c(F)c1. The maximum absolute atomic E-state index is 13.2. The van der Waals surface area contributed by atoms with Crippen molar-refractivity contribution in [3.05, 3.63) is 35.4 Å². The summed E-state index contributed by atoms with van der Waals surface area (Å²) < 4.78 is 31.1. The lowest BCUT2D eigenvalue weighted by Gasteiger charge is -2.26. The van der Waals surface area contributed by atoms with Crippen LogP contribution in [0.25, 0.3) is 0 Å². The standard InChI is InChI=1S/C15H23F2NO2/c1-11(2)9-18(6-7-20-3)10-15(19)12-4-5-13(16)14(17)8-12/h4-5,8,11,15,19H,6-7,9-10H2,1-3H3. The van der Waals surface area contributed by atoms with E-state index < -0.39 is 17.7 Å². The summed E-state index contributed by atoms with van der Waals surface area (Å²) in [7, 11) is 1.62. The minimum Gasteiger partial charge on any atom is -0.387 e. The van der Waals surface area contributed by atoms with Gasteiger partial charge in [0.1, 0.15) is 0 Å². The molecule has 0 fully saturated rings. The highest BCUT2D eigenvalue weighted by Gasteiger charge is 2.16. The number of rotatable bonds is 8. The molecule has 0 saturated carbocycles. The van der Waals surface area contributed by atoms with Crippen molar-refractivity contribution in [1.29, 1.82) is 0 Å². The topological polar surface area (TPSA) is 32.7 Å². The molecular weight excluding hydrogens is 264 g/mol. The molecule has 0 aliphatic heterocycles. The molecule has 0 aromatic heterocycles. The van der Waals surface area contributed by atoms with E-state index in [1.54, 1.807) is 7.11 Å². The van der Waals surface area contributed by atoms with Crippen molar-refractivity contribution in [2.75, 3.05) is 33.4 Å². The van der Waals surface area contributed by atoms with Gasteiger partial charge in [0.15, 0.2) is 11.6 Å². The van der Waals surface area contributed by atoms with Gasteiger partial charge in [-0.1, -0.05) is 19.9 Å². The smallest absolute Gasteiger partial charge is 0.159 e. The Morgan fingerprint density at radius 3 is 2.45 bits per heavy atom. The predicted molar refractivity (Wildman–Crippen MR) is 74.5 cm³/mol. The Morgan fingerprint density at radius 2 is 1.90 bits per heavy atom. The third-order valence-corrected chi connectivity index (χ3v) is 2.99. The Kier molecular flexibility index (Phi) is 7.05. The van der Waals surface area contributed by atoms with Crippen LogP contribution in [0.15, 0.2) is 18.2 Å². The molecule has 0 heterocycles. The zero-order valence-corrected chi connectivity index (χ0v) is 12.3. The molecule has 0 amide bonds. The molecule has 0 aliphatic rings. The average molecular weight is 287 g/mol. The first kappa shape index (κ1) is 17.0. The highest BCUT2D eigenvalue weighted by molar-refractivity contribution is 5.20. The van der Waals surface area contributed by atoms with Crippen LogP contribution in [0.2, 0.25) is 0 Å². The molecule has 0 spiro atoms. The molecule has 20 heavy (non-hydrogen) atoms. The lowest BCUT2D eigenvalue weighted by molar-refractivity contribution is 0.0822. The fraction of sp³-hybridized carbons (Fsp3) is 0.600. The number of ether oxygens (including phenoxy) is 1. The minimum atomic E-state index is -0.936. The molecule has 0 saturated heterocycles. The van der Waals surface area contributed by atoms with Gasteiger partial charge in [-0.3, -0.25) is 4.90 Å². The molecule has 0 radical (unpaired) electrons. The van der Waals surface area contributed by atoms with E-state index in [-0.39, 0.29) is 0 Å². The first-order valence-electron chi connectivity index (χ1n) is 6.78. The lowest BCUT2D eigenvalue weighted by Crippen LogP contribution is -2.34. The molecule has 1 aromatic rings. The van der Waals surface area contributed by atoms with Gasteiger partial charge in [0.2, 0.25) is 0 Å². The second-order valence-corrected chi connectivity index (χ2v) is 5.34. The number of aliphatic hydroxyl groups is 1. The summed E-state index contributed by atoms with van der Waals surface area (Å²) in [5.41, 5.74) is 0.384. The van der Waals surface area contributed by atoms with E-state index >= 15 is 0 Å². The summed E-state index contributed by atoms with van der Waals surface area (Å²) in [6.45, 7) is 6.61. The van der Waals surface area contributed by atoms with Crippen LogP contribution in [-0.4, -0.2) is 43.4 Å². The van der Waals surface area contributed by atoms with E-state index in [4.69, 9.17) is 4.74 Å². The third kappa shape index (κ3) is 5.53. The maximum atomic E-state index is 13.2. The largest absolute Gasteiger partial charge is 0.387 e. The van der Waals surface area contributed by atoms with E-state index in [0.717, 1.165) is 18.7 Å². The normalized spacial score (nSPS) is 13.2. The van der Waals surface area contributed by atoms with E-state index in [1.165, 1.54) is 6.07 Å². The van der Waals surface area contributed by atoms with Gasteiger partial charge in [-0.25, -0.2) is 8.78 Å². The highest BCUT2D eigenvalue weighted by Crippen LogP contribution is 2.18. The van der Waals surface area contributed by atoms with Gasteiger partial charge >= 0.3 is 0 Å². The molecule has 3 nitrogen and oxygen atoms in total. The second kappa shape index (κ2) is 8.29. The second-order valence-electron chi connectivity index (χ2n) is 5.34. The van der Waals surface area contributed by atoms with E-state index in [0.29, 0.717) is 31.2 Å². The molecule has 1 aromatic carbocycles. The average Bonchev–Trinajstić information content (AvgIpc) is 2.38. The minimum absolute atomic E-state index is 0.368. The maximum Gasteiger partial charge on any atom is 0.159 e. The summed E-state index contributed by atoms with van der Waals surface area (Å²) in [5, 5.41) is 10.1. The number of halogens is 2. The van der Waals surface area contributed by atoms with Crippen molar-refractivity contribution < 1.29 is 18.6 Å². The van der Waals surface area contributed by atoms with E-state index in [2.05, 4.69) is 18.7 Å². The number of methoxy groups -OCH3 is 1. The monoisotopic (exact) mass is 287 g/mol. The van der Waals surface area contributed by atoms with Gasteiger partial charge in [0.05, 0.1) is 12.7 Å². The Hall–Kier alpha value is -1.04. The van der Waals surface area contributed by atoms with Crippen molar-refractivity contribution >= 4 is 0 Å². The lowest BCUT2D eigenvalue weighted by atomic mass is 10.1. The summed E-state index contributed by atoms with van der Waals surface area (Å²) in [6.07, 6.45) is -0.847. The molecule has 1 N–H and O–H groups in total. The molecule has 0 aliphatic carbocycles. The Balaban J connectivity index is 2.67. The van der Waals surface area contributed by atoms with Crippen LogP contribution in [0.4, 0.5) is 8.78 Å². The van der Waals surface area contributed by atoms with Gasteiger partial charge in [0, 0.05) is 26.7 Å². The number of nitrogens with zero attached hydrogens (tertiary/aromatic N) is 1. The van der Waals surface area contributed by atoms with E-state index in [1.807, 2.05) is 0 Å². The van der Waals surface area contributed by atoms with Gasteiger partial charge in [-0.2, -0.15) is 0 Å².